The summed E-state index contributed by atoms with van der Waals surface area (Å²) in [5.41, 5.74) is 7.76. The Morgan fingerprint density at radius 3 is 2.48 bits per heavy atom. The average Bonchev–Trinajstić information content (AvgIpc) is 2.80. The summed E-state index contributed by atoms with van der Waals surface area (Å²) in [5.74, 6) is 0. The van der Waals surface area contributed by atoms with Crippen molar-refractivity contribution in [1.29, 1.82) is 0 Å². The Morgan fingerprint density at radius 1 is 0.939 bits per heavy atom. The molecule has 1 N–H and O–H groups in total. The van der Waals surface area contributed by atoms with Crippen molar-refractivity contribution in [2.24, 2.45) is 4.99 Å². The minimum Gasteiger partial charge on any atom is -0.352 e. The normalized spacial score (nSPS) is 12.1. The molecule has 0 amide bonds. The first-order valence-electron chi connectivity index (χ1n) is 10.9. The number of aromatic nitrogens is 3. The number of benzene rings is 3. The number of hydrogen-bond acceptors (Lipinski definition) is 4. The van der Waals surface area contributed by atoms with Crippen LogP contribution in [0.15, 0.2) is 88.5 Å². The average molecular weight is 498 g/mol. The summed E-state index contributed by atoms with van der Waals surface area (Å²) in [6.07, 6.45) is 1.80. The molecule has 0 bridgehead atoms. The van der Waals surface area contributed by atoms with Crippen molar-refractivity contribution in [2.75, 3.05) is 5.32 Å². The fraction of sp³-hybridized carbons (Fsp3) is 0.148. The second kappa shape index (κ2) is 8.79. The van der Waals surface area contributed by atoms with Crippen molar-refractivity contribution in [1.82, 2.24) is 14.5 Å². The molecule has 0 saturated heterocycles. The van der Waals surface area contributed by atoms with E-state index in [1.165, 1.54) is 0 Å². The molecule has 1 aromatic heterocycles. The third kappa shape index (κ3) is 4.26. The molecule has 164 valence electrons. The third-order valence-corrected chi connectivity index (χ3v) is 5.98. The quantitative estimate of drug-likeness (QED) is 0.282. The van der Waals surface area contributed by atoms with Crippen LogP contribution < -0.4 is 10.7 Å². The number of aryl methyl sites for hydroxylation is 1. The molecule has 3 aromatic rings. The van der Waals surface area contributed by atoms with Gasteiger partial charge in [0, 0.05) is 22.4 Å². The fourth-order valence-electron chi connectivity index (χ4n) is 3.96. The van der Waals surface area contributed by atoms with Crippen LogP contribution in [-0.4, -0.2) is 20.6 Å². The lowest BCUT2D eigenvalue weighted by atomic mass is 10.1. The van der Waals surface area contributed by atoms with E-state index in [9.17, 15) is 0 Å². The first-order valence-corrected chi connectivity index (χ1v) is 11.7. The Morgan fingerprint density at radius 2 is 1.73 bits per heavy atom. The van der Waals surface area contributed by atoms with Crippen LogP contribution in [0.1, 0.15) is 19.5 Å². The minimum atomic E-state index is 0.146. The molecule has 0 fully saturated rings. The predicted molar refractivity (Wildman–Crippen MR) is 138 cm³/mol. The monoisotopic (exact) mass is 497 g/mol. The molecule has 5 rings (SSSR count). The molecule has 0 radical (unpaired) electrons. The highest BCUT2D eigenvalue weighted by molar-refractivity contribution is 9.10. The van der Waals surface area contributed by atoms with Crippen LogP contribution in [0.2, 0.25) is 0 Å². The highest BCUT2D eigenvalue weighted by Gasteiger charge is 2.17. The number of para-hydroxylation sites is 2. The molecule has 0 saturated carbocycles. The molecular weight excluding hydrogens is 474 g/mol. The van der Waals surface area contributed by atoms with Gasteiger partial charge in [-0.1, -0.05) is 28.1 Å². The van der Waals surface area contributed by atoms with E-state index in [-0.39, 0.29) is 6.04 Å². The molecule has 5 nitrogen and oxygen atoms in total. The van der Waals surface area contributed by atoms with E-state index in [2.05, 4.69) is 93.2 Å². The van der Waals surface area contributed by atoms with E-state index >= 15 is 0 Å². The van der Waals surface area contributed by atoms with Crippen molar-refractivity contribution in [2.45, 2.75) is 26.8 Å². The van der Waals surface area contributed by atoms with Crippen molar-refractivity contribution in [3.63, 3.8) is 0 Å². The van der Waals surface area contributed by atoms with Crippen LogP contribution in [0, 0.1) is 6.92 Å². The molecule has 33 heavy (non-hydrogen) atoms. The zero-order valence-electron chi connectivity index (χ0n) is 18.7. The van der Waals surface area contributed by atoms with Crippen molar-refractivity contribution < 1.29 is 0 Å². The van der Waals surface area contributed by atoms with Gasteiger partial charge in [0.05, 0.1) is 44.8 Å². The standard InChI is InChI=1S/C27H24BrN5/c1-17(2)30-24-16-27-25(15-23(24)31-21-8-6-14-29-18(21)3)32-22-7-4-5-9-26(22)33(27)20-12-10-19(28)11-13-20/h4-17,31H,1-3H3/b30-24+. The predicted octanol–water partition coefficient (Wildman–Crippen LogP) is 6.65. The summed E-state index contributed by atoms with van der Waals surface area (Å²) >= 11 is 3.55. The summed E-state index contributed by atoms with van der Waals surface area (Å²) in [5, 5.41) is 4.43. The maximum atomic E-state index is 5.00. The van der Waals surface area contributed by atoms with E-state index < -0.39 is 0 Å². The van der Waals surface area contributed by atoms with Gasteiger partial charge in [-0.15, -0.1) is 0 Å². The molecular formula is C27H24BrN5. The SMILES string of the molecule is Cc1ncccc1Nc1cc2nc3ccccc3n(-c3ccc(Br)cc3)c-2c/c1=N\C(C)C. The van der Waals surface area contributed by atoms with E-state index in [1.807, 2.05) is 31.2 Å². The molecule has 6 heteroatoms. The number of nitrogens with zero attached hydrogens (tertiary/aromatic N) is 4. The van der Waals surface area contributed by atoms with Crippen LogP contribution in [0.5, 0.6) is 0 Å². The van der Waals surface area contributed by atoms with Crippen LogP contribution in [-0.2, 0) is 0 Å². The maximum Gasteiger partial charge on any atom is 0.0900 e. The van der Waals surface area contributed by atoms with Gasteiger partial charge in [0.1, 0.15) is 0 Å². The zero-order valence-corrected chi connectivity index (χ0v) is 20.3. The van der Waals surface area contributed by atoms with Gasteiger partial charge in [0.15, 0.2) is 0 Å². The largest absolute Gasteiger partial charge is 0.352 e. The summed E-state index contributed by atoms with van der Waals surface area (Å²) in [4.78, 5) is 14.3. The smallest absolute Gasteiger partial charge is 0.0900 e. The van der Waals surface area contributed by atoms with Gasteiger partial charge in [0.2, 0.25) is 0 Å². The van der Waals surface area contributed by atoms with Gasteiger partial charge in [-0.3, -0.25) is 9.98 Å². The number of pyridine rings is 1. The van der Waals surface area contributed by atoms with Crippen molar-refractivity contribution in [3.05, 3.63) is 94.5 Å². The van der Waals surface area contributed by atoms with Crippen molar-refractivity contribution in [3.8, 4) is 17.1 Å². The molecule has 2 aromatic carbocycles. The van der Waals surface area contributed by atoms with Crippen LogP contribution in [0.4, 0.5) is 11.4 Å². The van der Waals surface area contributed by atoms with Gasteiger partial charge >= 0.3 is 0 Å². The molecule has 2 heterocycles. The number of hydrogen-bond donors (Lipinski definition) is 1. The lowest BCUT2D eigenvalue weighted by Gasteiger charge is -2.20. The topological polar surface area (TPSA) is 55.1 Å². The van der Waals surface area contributed by atoms with E-state index in [1.54, 1.807) is 6.20 Å². The Balaban J connectivity index is 1.83. The Hall–Kier alpha value is -3.51. The molecule has 0 unspecified atom stereocenters. The third-order valence-electron chi connectivity index (χ3n) is 5.46. The second-order valence-electron chi connectivity index (χ2n) is 8.25. The summed E-state index contributed by atoms with van der Waals surface area (Å²) in [7, 11) is 0. The highest BCUT2D eigenvalue weighted by atomic mass is 79.9. The van der Waals surface area contributed by atoms with Gasteiger partial charge in [-0.25, -0.2) is 4.98 Å². The lowest BCUT2D eigenvalue weighted by Crippen LogP contribution is -2.16. The lowest BCUT2D eigenvalue weighted by molar-refractivity contribution is 0.806. The number of fused-ring (bicyclic) bond motifs is 2. The van der Waals surface area contributed by atoms with E-state index in [4.69, 9.17) is 9.98 Å². The molecule has 0 spiro atoms. The maximum absolute atomic E-state index is 5.00. The summed E-state index contributed by atoms with van der Waals surface area (Å²) in [6, 6.07) is 24.9. The second-order valence-corrected chi connectivity index (χ2v) is 9.17. The van der Waals surface area contributed by atoms with E-state index in [0.29, 0.717) is 0 Å². The van der Waals surface area contributed by atoms with Gasteiger partial charge < -0.3 is 9.88 Å². The van der Waals surface area contributed by atoms with Gasteiger partial charge in [0.25, 0.3) is 0 Å². The van der Waals surface area contributed by atoms with Crippen LogP contribution in [0.25, 0.3) is 28.1 Å². The van der Waals surface area contributed by atoms with E-state index in [0.717, 1.165) is 55.0 Å². The molecule has 2 aliphatic rings. The van der Waals surface area contributed by atoms with Crippen LogP contribution >= 0.6 is 15.9 Å². The minimum absolute atomic E-state index is 0.146. The Bertz CT molecular complexity index is 1490. The van der Waals surface area contributed by atoms with Gasteiger partial charge in [-0.2, -0.15) is 0 Å². The van der Waals surface area contributed by atoms with Crippen LogP contribution in [0.3, 0.4) is 0 Å². The zero-order chi connectivity index (χ0) is 22.9. The number of halogens is 1. The number of rotatable bonds is 4. The Kier molecular flexibility index (Phi) is 5.68. The molecule has 0 atom stereocenters. The van der Waals surface area contributed by atoms with Crippen molar-refractivity contribution >= 4 is 38.3 Å². The molecule has 1 aliphatic heterocycles. The fourth-order valence-corrected chi connectivity index (χ4v) is 4.22. The van der Waals surface area contributed by atoms with Gasteiger partial charge in [-0.05, 0) is 81.4 Å². The first-order chi connectivity index (χ1) is 16.0. The summed E-state index contributed by atoms with van der Waals surface area (Å²) < 4.78 is 3.30. The first kappa shape index (κ1) is 21.3. The molecule has 1 aliphatic carbocycles. The number of nitrogens with one attached hydrogen (secondary N) is 1. The Labute approximate surface area is 201 Å². The number of anilines is 2. The summed E-state index contributed by atoms with van der Waals surface area (Å²) in [6.45, 7) is 6.17. The highest BCUT2D eigenvalue weighted by Crippen LogP contribution is 2.31.